The fraction of sp³-hybridized carbons (Fsp3) is 0.556. The molecule has 0 aliphatic carbocycles. The molecule has 0 aliphatic heterocycles. The van der Waals surface area contributed by atoms with Crippen molar-refractivity contribution in [1.82, 2.24) is 0 Å². The van der Waals surface area contributed by atoms with Crippen LogP contribution in [0.25, 0.3) is 0 Å². The Hall–Kier alpha value is -1.12. The van der Waals surface area contributed by atoms with Crippen LogP contribution in [0.4, 0.5) is 0 Å². The molecule has 3 heteroatoms. The van der Waals surface area contributed by atoms with Crippen molar-refractivity contribution in [2.45, 2.75) is 26.7 Å². The Kier molecular flexibility index (Phi) is 5.00. The Morgan fingerprint density at radius 3 is 2.42 bits per heavy atom. The van der Waals surface area contributed by atoms with E-state index in [2.05, 4.69) is 6.58 Å². The zero-order valence-electron chi connectivity index (χ0n) is 7.55. The highest BCUT2D eigenvalue weighted by molar-refractivity contribution is 6.15. The van der Waals surface area contributed by atoms with Crippen LogP contribution >= 0.6 is 0 Å². The smallest absolute Gasteiger partial charge is 0.341 e. The number of rotatable bonds is 5. The topological polar surface area (TPSA) is 43.4 Å². The third-order valence-electron chi connectivity index (χ3n) is 1.40. The number of carbonyl (C=O) groups excluding carboxylic acids is 2. The van der Waals surface area contributed by atoms with E-state index < -0.39 is 5.97 Å². The number of ketones is 1. The van der Waals surface area contributed by atoms with E-state index in [-0.39, 0.29) is 11.4 Å². The molecule has 0 atom stereocenters. The van der Waals surface area contributed by atoms with Gasteiger partial charge in [-0.1, -0.05) is 19.9 Å². The van der Waals surface area contributed by atoms with E-state index in [9.17, 15) is 9.59 Å². The summed E-state index contributed by atoms with van der Waals surface area (Å²) in [5.74, 6) is -0.938. The molecule has 0 radical (unpaired) electrons. The minimum absolute atomic E-state index is 0.0777. The summed E-state index contributed by atoms with van der Waals surface area (Å²) in [4.78, 5) is 21.5. The molecule has 0 aromatic heterocycles. The van der Waals surface area contributed by atoms with Gasteiger partial charge in [0.1, 0.15) is 0 Å². The summed E-state index contributed by atoms with van der Waals surface area (Å²) in [6.07, 6.45) is 1.77. The normalized spacial score (nSPS) is 9.17. The Bertz CT molecular complexity index is 194. The van der Waals surface area contributed by atoms with Crippen LogP contribution in [-0.2, 0) is 14.3 Å². The highest BCUT2D eigenvalue weighted by Crippen LogP contribution is 1.97. The largest absolute Gasteiger partial charge is 0.462 e. The van der Waals surface area contributed by atoms with Crippen LogP contribution in [0.3, 0.4) is 0 Å². The molecule has 0 spiro atoms. The van der Waals surface area contributed by atoms with Crippen molar-refractivity contribution in [3.05, 3.63) is 12.2 Å². The average Bonchev–Trinajstić information content (AvgIpc) is 2.03. The molecule has 0 saturated carbocycles. The van der Waals surface area contributed by atoms with Gasteiger partial charge in [-0.2, -0.15) is 0 Å². The van der Waals surface area contributed by atoms with Crippen molar-refractivity contribution in [1.29, 1.82) is 0 Å². The lowest BCUT2D eigenvalue weighted by Crippen LogP contribution is -2.13. The van der Waals surface area contributed by atoms with E-state index in [1.165, 1.54) is 6.92 Å². The number of carbonyl (C=O) groups is 2. The summed E-state index contributed by atoms with van der Waals surface area (Å²) in [6.45, 7) is 6.96. The van der Waals surface area contributed by atoms with Crippen LogP contribution in [-0.4, -0.2) is 18.4 Å². The van der Waals surface area contributed by atoms with E-state index in [1.807, 2.05) is 6.92 Å². The summed E-state index contributed by atoms with van der Waals surface area (Å²) in [5, 5.41) is 0. The number of hydrogen-bond acceptors (Lipinski definition) is 3. The molecule has 0 fully saturated rings. The molecular weight excluding hydrogens is 156 g/mol. The van der Waals surface area contributed by atoms with Crippen molar-refractivity contribution in [3.8, 4) is 0 Å². The molecule has 68 valence electrons. The van der Waals surface area contributed by atoms with E-state index in [4.69, 9.17) is 4.74 Å². The van der Waals surface area contributed by atoms with E-state index >= 15 is 0 Å². The molecule has 0 rings (SSSR count). The zero-order valence-corrected chi connectivity index (χ0v) is 7.55. The molecule has 0 aromatic carbocycles. The summed E-state index contributed by atoms with van der Waals surface area (Å²) >= 11 is 0. The van der Waals surface area contributed by atoms with Gasteiger partial charge in [0.05, 0.1) is 12.2 Å². The highest BCUT2D eigenvalue weighted by atomic mass is 16.5. The van der Waals surface area contributed by atoms with Gasteiger partial charge in [0.15, 0.2) is 5.78 Å². The predicted molar refractivity (Wildman–Crippen MR) is 45.7 cm³/mol. The number of hydrogen-bond donors (Lipinski definition) is 0. The van der Waals surface area contributed by atoms with Gasteiger partial charge in [-0.3, -0.25) is 4.79 Å². The molecule has 0 saturated heterocycles. The molecule has 0 amide bonds. The van der Waals surface area contributed by atoms with Gasteiger partial charge in [0.25, 0.3) is 0 Å². The molecular formula is C9H14O3. The van der Waals surface area contributed by atoms with Gasteiger partial charge in [0.2, 0.25) is 0 Å². The number of esters is 1. The Balaban J connectivity index is 3.73. The minimum Gasteiger partial charge on any atom is -0.462 e. The fourth-order valence-corrected chi connectivity index (χ4v) is 0.540. The Morgan fingerprint density at radius 2 is 2.00 bits per heavy atom. The van der Waals surface area contributed by atoms with Gasteiger partial charge in [0, 0.05) is 0 Å². The summed E-state index contributed by atoms with van der Waals surface area (Å²) in [7, 11) is 0. The highest BCUT2D eigenvalue weighted by Gasteiger charge is 2.11. The van der Waals surface area contributed by atoms with Crippen LogP contribution in [0.15, 0.2) is 12.2 Å². The zero-order chi connectivity index (χ0) is 9.56. The molecule has 0 aromatic rings. The van der Waals surface area contributed by atoms with Gasteiger partial charge in [-0.05, 0) is 13.3 Å². The van der Waals surface area contributed by atoms with Crippen molar-refractivity contribution in [2.24, 2.45) is 0 Å². The first kappa shape index (κ1) is 10.9. The van der Waals surface area contributed by atoms with Crippen LogP contribution in [0.5, 0.6) is 0 Å². The fourth-order valence-electron chi connectivity index (χ4n) is 0.540. The molecule has 0 unspecified atom stereocenters. The Morgan fingerprint density at radius 1 is 1.42 bits per heavy atom. The number of Topliss-reactive ketones (excluding diaryl/α,β-unsaturated/α-hetero) is 1. The summed E-state index contributed by atoms with van der Waals surface area (Å²) in [5.41, 5.74) is -0.0777. The maximum absolute atomic E-state index is 10.9. The predicted octanol–water partition coefficient (Wildman–Crippen LogP) is 1.47. The molecule has 0 heterocycles. The maximum atomic E-state index is 10.9. The third-order valence-corrected chi connectivity index (χ3v) is 1.40. The van der Waals surface area contributed by atoms with E-state index in [1.54, 1.807) is 0 Å². The maximum Gasteiger partial charge on any atom is 0.341 e. The van der Waals surface area contributed by atoms with Gasteiger partial charge >= 0.3 is 5.97 Å². The standard InChI is InChI=1S/C9H14O3/c1-4-5-6-12-9(11)7(2)8(3)10/h2,4-6H2,1,3H3. The first-order valence-corrected chi connectivity index (χ1v) is 3.96. The first-order chi connectivity index (χ1) is 5.59. The van der Waals surface area contributed by atoms with Crippen molar-refractivity contribution in [3.63, 3.8) is 0 Å². The van der Waals surface area contributed by atoms with Crippen molar-refractivity contribution in [2.75, 3.05) is 6.61 Å². The van der Waals surface area contributed by atoms with Crippen LogP contribution in [0.2, 0.25) is 0 Å². The van der Waals surface area contributed by atoms with Gasteiger partial charge < -0.3 is 4.74 Å². The van der Waals surface area contributed by atoms with E-state index in [0.717, 1.165) is 12.8 Å². The minimum atomic E-state index is -0.601. The Labute approximate surface area is 72.4 Å². The molecule has 12 heavy (non-hydrogen) atoms. The quantitative estimate of drug-likeness (QED) is 0.206. The lowest BCUT2D eigenvalue weighted by Gasteiger charge is -2.02. The van der Waals surface area contributed by atoms with Crippen molar-refractivity contribution < 1.29 is 14.3 Å². The van der Waals surface area contributed by atoms with Crippen LogP contribution in [0.1, 0.15) is 26.7 Å². The molecule has 3 nitrogen and oxygen atoms in total. The van der Waals surface area contributed by atoms with Gasteiger partial charge in [-0.25, -0.2) is 4.79 Å². The first-order valence-electron chi connectivity index (χ1n) is 3.96. The lowest BCUT2D eigenvalue weighted by molar-refractivity contribution is -0.140. The second kappa shape index (κ2) is 5.52. The summed E-state index contributed by atoms with van der Waals surface area (Å²) < 4.78 is 4.75. The van der Waals surface area contributed by atoms with Crippen LogP contribution < -0.4 is 0 Å². The molecule has 0 bridgehead atoms. The average molecular weight is 170 g/mol. The SMILES string of the molecule is C=C(C(C)=O)C(=O)OCCCC. The van der Waals surface area contributed by atoms with Crippen molar-refractivity contribution >= 4 is 11.8 Å². The van der Waals surface area contributed by atoms with E-state index in [0.29, 0.717) is 6.61 Å². The second-order valence-electron chi connectivity index (χ2n) is 2.52. The number of ether oxygens (including phenoxy) is 1. The molecule has 0 aliphatic rings. The molecule has 0 N–H and O–H groups in total. The van der Waals surface area contributed by atoms with Gasteiger partial charge in [-0.15, -0.1) is 0 Å². The van der Waals surface area contributed by atoms with Crippen LogP contribution in [0, 0.1) is 0 Å². The third kappa shape index (κ3) is 3.91. The lowest BCUT2D eigenvalue weighted by atomic mass is 10.2. The summed E-state index contributed by atoms with van der Waals surface area (Å²) in [6, 6.07) is 0. The monoisotopic (exact) mass is 170 g/mol. The second-order valence-corrected chi connectivity index (χ2v) is 2.52. The number of unbranched alkanes of at least 4 members (excludes halogenated alkanes) is 1.